The second-order valence-electron chi connectivity index (χ2n) is 9.39. The third-order valence-electron chi connectivity index (χ3n) is 8.06. The molecule has 0 heterocycles. The minimum absolute atomic E-state index is 0.0139. The lowest BCUT2D eigenvalue weighted by atomic mass is 9.46. The van der Waals surface area contributed by atoms with Crippen LogP contribution in [0, 0.1) is 22.7 Å². The molecule has 29 heavy (non-hydrogen) atoms. The number of hydrogen-bond donors (Lipinski definition) is 2. The van der Waals surface area contributed by atoms with Crippen LogP contribution in [0.1, 0.15) is 68.8 Å². The van der Waals surface area contributed by atoms with Crippen molar-refractivity contribution in [3.63, 3.8) is 0 Å². The third-order valence-corrected chi connectivity index (χ3v) is 8.06. The van der Waals surface area contributed by atoms with Gasteiger partial charge in [0.25, 0.3) is 0 Å². The van der Waals surface area contributed by atoms with E-state index < -0.39 is 11.7 Å². The summed E-state index contributed by atoms with van der Waals surface area (Å²) < 4.78 is 10.0. The molecule has 2 saturated carbocycles. The number of allylic oxidation sites excluding steroid dienone is 1. The van der Waals surface area contributed by atoms with Crippen molar-refractivity contribution in [3.8, 4) is 17.2 Å². The summed E-state index contributed by atoms with van der Waals surface area (Å²) in [7, 11) is 2.64. The number of hydrogen-bond acceptors (Lipinski definition) is 5. The Balaban J connectivity index is 2.09. The third kappa shape index (κ3) is 3.28. The van der Waals surface area contributed by atoms with E-state index in [4.69, 9.17) is 9.47 Å². The highest BCUT2D eigenvalue weighted by atomic mass is 16.5. The average Bonchev–Trinajstić information content (AvgIpc) is 2.69. The van der Waals surface area contributed by atoms with Gasteiger partial charge >= 0.3 is 5.97 Å². The van der Waals surface area contributed by atoms with Gasteiger partial charge in [-0.25, -0.2) is 4.79 Å². The minimum atomic E-state index is -0.653. The van der Waals surface area contributed by atoms with Gasteiger partial charge in [0.1, 0.15) is 5.56 Å². The molecule has 3 rings (SSSR count). The van der Waals surface area contributed by atoms with Gasteiger partial charge in [-0.2, -0.15) is 0 Å². The number of aromatic hydroxyl groups is 2. The summed E-state index contributed by atoms with van der Waals surface area (Å²) in [5.74, 6) is -0.329. The standard InChI is InChI=1S/C24H34O5/c1-14-8-7-9-18-23(14,3)11-10-15(2)24(18,4)13-16-12-17(22(27)29-6)20(26)21(28-5)19(16)25/h12,15,18,25-26H,1,7-11,13H2,2-6H3/t15-,18+,23+,24+/m1/s1. The molecule has 0 aromatic heterocycles. The molecule has 0 radical (unpaired) electrons. The molecular formula is C24H34O5. The van der Waals surface area contributed by atoms with Crippen LogP contribution in [0.4, 0.5) is 0 Å². The Kier molecular flexibility index (Phi) is 5.63. The number of methoxy groups -OCH3 is 2. The lowest BCUT2D eigenvalue weighted by Gasteiger charge is -2.59. The van der Waals surface area contributed by atoms with Gasteiger partial charge in [0.05, 0.1) is 14.2 Å². The van der Waals surface area contributed by atoms with E-state index in [9.17, 15) is 15.0 Å². The second-order valence-corrected chi connectivity index (χ2v) is 9.39. The first-order valence-corrected chi connectivity index (χ1v) is 10.5. The predicted octanol–water partition coefficient (Wildman–Crippen LogP) is 5.23. The zero-order chi connectivity index (χ0) is 21.6. The lowest BCUT2D eigenvalue weighted by Crippen LogP contribution is -2.51. The Morgan fingerprint density at radius 3 is 2.55 bits per heavy atom. The van der Waals surface area contributed by atoms with Crippen molar-refractivity contribution in [2.45, 2.75) is 59.3 Å². The maximum Gasteiger partial charge on any atom is 0.341 e. The van der Waals surface area contributed by atoms with Crippen LogP contribution >= 0.6 is 0 Å². The number of esters is 1. The van der Waals surface area contributed by atoms with E-state index in [0.29, 0.717) is 23.8 Å². The van der Waals surface area contributed by atoms with Gasteiger partial charge < -0.3 is 19.7 Å². The van der Waals surface area contributed by atoms with Crippen molar-refractivity contribution >= 4 is 5.97 Å². The first-order chi connectivity index (χ1) is 13.6. The predicted molar refractivity (Wildman–Crippen MR) is 112 cm³/mol. The second kappa shape index (κ2) is 7.58. The monoisotopic (exact) mass is 402 g/mol. The van der Waals surface area contributed by atoms with Crippen molar-refractivity contribution in [1.29, 1.82) is 0 Å². The summed E-state index contributed by atoms with van der Waals surface area (Å²) in [5.41, 5.74) is 1.98. The van der Waals surface area contributed by atoms with Crippen LogP contribution in [0.15, 0.2) is 18.2 Å². The largest absolute Gasteiger partial charge is 0.504 e. The van der Waals surface area contributed by atoms with Gasteiger partial charge in [-0.05, 0) is 72.8 Å². The number of phenolic OH excluding ortho intramolecular Hbond substituents is 2. The normalized spacial score (nSPS) is 31.8. The summed E-state index contributed by atoms with van der Waals surface area (Å²) in [5, 5.41) is 21.2. The minimum Gasteiger partial charge on any atom is -0.504 e. The molecule has 0 unspecified atom stereocenters. The smallest absolute Gasteiger partial charge is 0.341 e. The number of ether oxygens (including phenoxy) is 2. The zero-order valence-corrected chi connectivity index (χ0v) is 18.3. The van der Waals surface area contributed by atoms with Gasteiger partial charge in [-0.1, -0.05) is 32.9 Å². The SMILES string of the molecule is C=C1CCC[C@@H]2[C@@](C)(Cc3cc(C(=O)OC)c(O)c(OC)c3O)[C@H](C)CC[C@@]12C. The molecule has 1 aromatic carbocycles. The van der Waals surface area contributed by atoms with Crippen molar-refractivity contribution in [2.24, 2.45) is 22.7 Å². The molecule has 5 nitrogen and oxygen atoms in total. The highest BCUT2D eigenvalue weighted by Crippen LogP contribution is 2.62. The quantitative estimate of drug-likeness (QED) is 0.532. The molecule has 0 spiro atoms. The Labute approximate surface area is 173 Å². The van der Waals surface area contributed by atoms with E-state index in [1.54, 1.807) is 6.07 Å². The van der Waals surface area contributed by atoms with Crippen LogP contribution in [0.3, 0.4) is 0 Å². The molecule has 1 aromatic rings. The highest BCUT2D eigenvalue weighted by Gasteiger charge is 2.54. The molecular weight excluding hydrogens is 368 g/mol. The van der Waals surface area contributed by atoms with E-state index in [1.165, 1.54) is 19.8 Å². The molecule has 2 aliphatic rings. The molecule has 0 amide bonds. The van der Waals surface area contributed by atoms with E-state index in [-0.39, 0.29) is 27.9 Å². The number of benzene rings is 1. The Bertz CT molecular complexity index is 829. The summed E-state index contributed by atoms with van der Waals surface area (Å²) in [4.78, 5) is 12.2. The Hall–Kier alpha value is -2.17. The number of fused-ring (bicyclic) bond motifs is 1. The van der Waals surface area contributed by atoms with Crippen LogP contribution in [0.5, 0.6) is 17.2 Å². The Morgan fingerprint density at radius 1 is 1.24 bits per heavy atom. The maximum atomic E-state index is 12.2. The molecule has 0 bridgehead atoms. The van der Waals surface area contributed by atoms with Crippen LogP contribution in [-0.2, 0) is 11.2 Å². The van der Waals surface area contributed by atoms with Crippen LogP contribution in [0.2, 0.25) is 0 Å². The maximum absolute atomic E-state index is 12.2. The first kappa shape index (κ1) is 21.5. The summed E-state index contributed by atoms with van der Waals surface area (Å²) in [6.45, 7) is 11.3. The van der Waals surface area contributed by atoms with E-state index in [0.717, 1.165) is 32.1 Å². The van der Waals surface area contributed by atoms with Crippen molar-refractivity contribution in [2.75, 3.05) is 14.2 Å². The summed E-state index contributed by atoms with van der Waals surface area (Å²) in [6, 6.07) is 1.56. The molecule has 2 fully saturated rings. The van der Waals surface area contributed by atoms with Crippen LogP contribution in [0.25, 0.3) is 0 Å². The van der Waals surface area contributed by atoms with Gasteiger partial charge in [0.2, 0.25) is 5.75 Å². The fourth-order valence-electron chi connectivity index (χ4n) is 5.96. The number of rotatable bonds is 4. The van der Waals surface area contributed by atoms with Crippen molar-refractivity contribution in [3.05, 3.63) is 29.3 Å². The molecule has 0 aliphatic heterocycles. The fourth-order valence-corrected chi connectivity index (χ4v) is 5.96. The molecule has 160 valence electrons. The molecule has 5 heteroatoms. The van der Waals surface area contributed by atoms with Crippen LogP contribution in [-0.4, -0.2) is 30.4 Å². The topological polar surface area (TPSA) is 76.0 Å². The fraction of sp³-hybridized carbons (Fsp3) is 0.625. The average molecular weight is 403 g/mol. The zero-order valence-electron chi connectivity index (χ0n) is 18.3. The Morgan fingerprint density at radius 2 is 1.93 bits per heavy atom. The van der Waals surface area contributed by atoms with E-state index in [1.807, 2.05) is 0 Å². The number of carbonyl (C=O) groups excluding carboxylic acids is 1. The lowest BCUT2D eigenvalue weighted by molar-refractivity contribution is -0.0491. The van der Waals surface area contributed by atoms with Gasteiger partial charge in [0, 0.05) is 0 Å². The van der Waals surface area contributed by atoms with Crippen molar-refractivity contribution in [1.82, 2.24) is 0 Å². The van der Waals surface area contributed by atoms with Crippen molar-refractivity contribution < 1.29 is 24.5 Å². The summed E-state index contributed by atoms with van der Waals surface area (Å²) >= 11 is 0. The van der Waals surface area contributed by atoms with Gasteiger partial charge in [-0.15, -0.1) is 0 Å². The summed E-state index contributed by atoms with van der Waals surface area (Å²) in [6.07, 6.45) is 6.19. The number of phenols is 2. The molecule has 2 aliphatic carbocycles. The van der Waals surface area contributed by atoms with Crippen LogP contribution < -0.4 is 4.74 Å². The first-order valence-electron chi connectivity index (χ1n) is 10.5. The molecule has 2 N–H and O–H groups in total. The van der Waals surface area contributed by atoms with Gasteiger partial charge in [-0.3, -0.25) is 0 Å². The highest BCUT2D eigenvalue weighted by molar-refractivity contribution is 5.94. The van der Waals surface area contributed by atoms with Gasteiger partial charge in [0.15, 0.2) is 11.5 Å². The molecule has 4 atom stereocenters. The van der Waals surface area contributed by atoms with E-state index >= 15 is 0 Å². The molecule has 0 saturated heterocycles. The van der Waals surface area contributed by atoms with E-state index in [2.05, 4.69) is 27.4 Å². The number of carbonyl (C=O) groups is 1.